The smallest absolute Gasteiger partial charge is 0.125 e. The van der Waals surface area contributed by atoms with Crippen LogP contribution in [-0.4, -0.2) is 36.8 Å². The fraction of sp³-hybridized carbons (Fsp3) is 0.533. The van der Waals surface area contributed by atoms with Gasteiger partial charge in [-0.05, 0) is 43.4 Å². The molecule has 1 spiro atoms. The summed E-state index contributed by atoms with van der Waals surface area (Å²) in [6, 6.07) is 14.9. The fourth-order valence-electron chi connectivity index (χ4n) is 5.31. The number of methoxy groups -OCH3 is 1. The molecule has 4 heteroatoms. The molecule has 0 N–H and O–H groups in total. The van der Waals surface area contributed by atoms with Gasteiger partial charge in [0, 0.05) is 49.2 Å². The van der Waals surface area contributed by atoms with Crippen LogP contribution >= 0.6 is 0 Å². The maximum Gasteiger partial charge on any atom is 0.125 e. The highest BCUT2D eigenvalue weighted by molar-refractivity contribution is 5.65. The van der Waals surface area contributed by atoms with Gasteiger partial charge in [-0.3, -0.25) is 0 Å². The molecule has 2 aromatic carbocycles. The monoisotopic (exact) mass is 463 g/mol. The highest BCUT2D eigenvalue weighted by Gasteiger charge is 2.44. The minimum absolute atomic E-state index is 0.0753. The summed E-state index contributed by atoms with van der Waals surface area (Å²) in [5, 5.41) is 0. The van der Waals surface area contributed by atoms with Crippen molar-refractivity contribution in [2.45, 2.75) is 83.5 Å². The van der Waals surface area contributed by atoms with Crippen LogP contribution in [0.25, 0.3) is 5.70 Å². The predicted octanol–water partition coefficient (Wildman–Crippen LogP) is 7.14. The van der Waals surface area contributed by atoms with Crippen molar-refractivity contribution in [2.75, 3.05) is 20.2 Å². The van der Waals surface area contributed by atoms with E-state index in [-0.39, 0.29) is 23.2 Å². The summed E-state index contributed by atoms with van der Waals surface area (Å²) in [6.45, 7) is 17.3. The normalized spacial score (nSPS) is 19.6. The zero-order valence-electron chi connectivity index (χ0n) is 21.8. The lowest BCUT2D eigenvalue weighted by atomic mass is 9.80. The van der Waals surface area contributed by atoms with Crippen LogP contribution in [0.3, 0.4) is 0 Å². The van der Waals surface area contributed by atoms with Gasteiger partial charge in [-0.15, -0.1) is 0 Å². The molecular formula is C30H41NO3. The first-order valence-corrected chi connectivity index (χ1v) is 12.7. The average Bonchev–Trinajstić information content (AvgIpc) is 2.83. The number of hydrogen-bond donors (Lipinski definition) is 0. The van der Waals surface area contributed by atoms with Crippen LogP contribution < -0.4 is 9.47 Å². The Labute approximate surface area is 205 Å². The number of nitrogens with zero attached hydrogens (tertiary/aromatic N) is 1. The van der Waals surface area contributed by atoms with E-state index in [9.17, 15) is 0 Å². The van der Waals surface area contributed by atoms with Gasteiger partial charge >= 0.3 is 0 Å². The maximum atomic E-state index is 6.65. The SMILES string of the molecule is C=C(c1ccc(C(C)(C)CC)c(OC)c1)N1CCC2(CC1)C[C@H](OC(C)C)c1ccccc1O2. The van der Waals surface area contributed by atoms with Crippen molar-refractivity contribution in [1.29, 1.82) is 0 Å². The van der Waals surface area contributed by atoms with Crippen molar-refractivity contribution in [3.63, 3.8) is 0 Å². The third-order valence-corrected chi connectivity index (χ3v) is 7.79. The first kappa shape index (κ1) is 24.7. The van der Waals surface area contributed by atoms with Crippen LogP contribution in [-0.2, 0) is 10.2 Å². The Morgan fingerprint density at radius 1 is 1.18 bits per heavy atom. The summed E-state index contributed by atoms with van der Waals surface area (Å²) in [5.74, 6) is 1.92. The first-order valence-electron chi connectivity index (χ1n) is 12.7. The summed E-state index contributed by atoms with van der Waals surface area (Å²) in [7, 11) is 1.76. The van der Waals surface area contributed by atoms with Crippen molar-refractivity contribution in [1.82, 2.24) is 4.90 Å². The van der Waals surface area contributed by atoms with Gasteiger partial charge in [0.15, 0.2) is 0 Å². The van der Waals surface area contributed by atoms with Gasteiger partial charge < -0.3 is 19.1 Å². The van der Waals surface area contributed by atoms with Crippen molar-refractivity contribution < 1.29 is 14.2 Å². The highest BCUT2D eigenvalue weighted by Crippen LogP contribution is 2.47. The molecule has 0 aromatic heterocycles. The largest absolute Gasteiger partial charge is 0.496 e. The van der Waals surface area contributed by atoms with Crippen LogP contribution in [0, 0.1) is 0 Å². The number of piperidine rings is 1. The molecule has 0 saturated carbocycles. The van der Waals surface area contributed by atoms with E-state index in [0.717, 1.165) is 61.5 Å². The molecule has 0 amide bonds. The van der Waals surface area contributed by atoms with Crippen molar-refractivity contribution in [3.8, 4) is 11.5 Å². The molecule has 4 nitrogen and oxygen atoms in total. The van der Waals surface area contributed by atoms with Gasteiger partial charge in [0.2, 0.25) is 0 Å². The Hall–Kier alpha value is -2.46. The number of likely N-dealkylation sites (tertiary alicyclic amines) is 1. The zero-order valence-corrected chi connectivity index (χ0v) is 21.8. The van der Waals surface area contributed by atoms with Gasteiger partial charge in [-0.2, -0.15) is 0 Å². The van der Waals surface area contributed by atoms with E-state index >= 15 is 0 Å². The van der Waals surface area contributed by atoms with E-state index < -0.39 is 0 Å². The van der Waals surface area contributed by atoms with E-state index in [0.29, 0.717) is 0 Å². The van der Waals surface area contributed by atoms with Crippen molar-refractivity contribution in [3.05, 3.63) is 65.7 Å². The number of fused-ring (bicyclic) bond motifs is 1. The Balaban J connectivity index is 1.49. The second-order valence-corrected chi connectivity index (χ2v) is 10.8. The second-order valence-electron chi connectivity index (χ2n) is 10.8. The van der Waals surface area contributed by atoms with Gasteiger partial charge in [-0.1, -0.05) is 57.7 Å². The van der Waals surface area contributed by atoms with Crippen LogP contribution in [0.2, 0.25) is 0 Å². The van der Waals surface area contributed by atoms with Crippen molar-refractivity contribution >= 4 is 5.70 Å². The van der Waals surface area contributed by atoms with Crippen LogP contribution in [0.15, 0.2) is 49.0 Å². The van der Waals surface area contributed by atoms with Gasteiger partial charge in [0.25, 0.3) is 0 Å². The molecule has 1 fully saturated rings. The predicted molar refractivity (Wildman–Crippen MR) is 140 cm³/mol. The minimum Gasteiger partial charge on any atom is -0.496 e. The lowest BCUT2D eigenvalue weighted by molar-refractivity contribution is -0.0860. The number of hydrogen-bond acceptors (Lipinski definition) is 4. The molecule has 0 bridgehead atoms. The molecule has 0 unspecified atom stereocenters. The third-order valence-electron chi connectivity index (χ3n) is 7.79. The molecule has 2 aliphatic heterocycles. The van der Waals surface area contributed by atoms with Gasteiger partial charge in [-0.25, -0.2) is 0 Å². The van der Waals surface area contributed by atoms with Gasteiger partial charge in [0.1, 0.15) is 17.1 Å². The Morgan fingerprint density at radius 3 is 2.53 bits per heavy atom. The molecule has 2 heterocycles. The molecule has 1 atom stereocenters. The first-order chi connectivity index (χ1) is 16.2. The fourth-order valence-corrected chi connectivity index (χ4v) is 5.31. The van der Waals surface area contributed by atoms with E-state index in [2.05, 4.69) is 88.6 Å². The summed E-state index contributed by atoms with van der Waals surface area (Å²) in [4.78, 5) is 2.40. The molecular weight excluding hydrogens is 422 g/mol. The topological polar surface area (TPSA) is 30.9 Å². The van der Waals surface area contributed by atoms with Crippen LogP contribution in [0.4, 0.5) is 0 Å². The van der Waals surface area contributed by atoms with Gasteiger partial charge in [0.05, 0.1) is 19.3 Å². The number of ether oxygens (including phenoxy) is 3. The summed E-state index contributed by atoms with van der Waals surface area (Å²) >= 11 is 0. The molecule has 34 heavy (non-hydrogen) atoms. The molecule has 184 valence electrons. The zero-order chi connectivity index (χ0) is 24.5. The molecule has 0 aliphatic carbocycles. The number of rotatable bonds is 7. The highest BCUT2D eigenvalue weighted by atomic mass is 16.5. The molecule has 1 saturated heterocycles. The quantitative estimate of drug-likeness (QED) is 0.437. The molecule has 4 rings (SSSR count). The number of benzene rings is 2. The summed E-state index contributed by atoms with van der Waals surface area (Å²) < 4.78 is 18.8. The van der Waals surface area contributed by atoms with Crippen molar-refractivity contribution in [2.24, 2.45) is 0 Å². The summed E-state index contributed by atoms with van der Waals surface area (Å²) in [6.07, 6.45) is 4.13. The molecule has 2 aromatic rings. The average molecular weight is 464 g/mol. The molecule has 0 radical (unpaired) electrons. The standard InChI is InChI=1S/C30H41NO3/c1-8-29(5,6)25-14-13-23(19-27(25)32-7)22(4)31-17-15-30(16-18-31)20-28(33-21(2)3)24-11-9-10-12-26(24)34-30/h9-14,19,21,28H,4,8,15-18,20H2,1-3,5-7H3/t28-/m0/s1. The minimum atomic E-state index is -0.183. The Kier molecular flexibility index (Phi) is 7.00. The number of para-hydroxylation sites is 1. The molecule has 2 aliphatic rings. The Bertz CT molecular complexity index is 1020. The van der Waals surface area contributed by atoms with E-state index in [4.69, 9.17) is 14.2 Å². The second kappa shape index (κ2) is 9.65. The lowest BCUT2D eigenvalue weighted by Gasteiger charge is -2.47. The summed E-state index contributed by atoms with van der Waals surface area (Å²) in [5.41, 5.74) is 4.50. The van der Waals surface area contributed by atoms with Crippen LogP contribution in [0.1, 0.15) is 83.1 Å². The third kappa shape index (κ3) is 4.84. The maximum absolute atomic E-state index is 6.65. The van der Waals surface area contributed by atoms with Crippen LogP contribution in [0.5, 0.6) is 11.5 Å². The van der Waals surface area contributed by atoms with E-state index in [1.165, 1.54) is 11.1 Å². The van der Waals surface area contributed by atoms with E-state index in [1.54, 1.807) is 7.11 Å². The van der Waals surface area contributed by atoms with E-state index in [1.807, 2.05) is 0 Å². The Morgan fingerprint density at radius 2 is 1.88 bits per heavy atom. The lowest BCUT2D eigenvalue weighted by Crippen LogP contribution is -2.50.